The summed E-state index contributed by atoms with van der Waals surface area (Å²) in [7, 11) is 0. The number of benzene rings is 1. The Morgan fingerprint density at radius 2 is 2.06 bits per heavy atom. The van der Waals surface area contributed by atoms with Gasteiger partial charge in [0, 0.05) is 29.1 Å². The van der Waals surface area contributed by atoms with Crippen molar-refractivity contribution in [3.8, 4) is 12.3 Å². The average Bonchev–Trinajstić information content (AvgIpc) is 3.25. The maximum Gasteiger partial charge on any atom is 0.259 e. The van der Waals surface area contributed by atoms with E-state index in [4.69, 9.17) is 6.42 Å². The predicted molar refractivity (Wildman–Crippen MR) is 128 cm³/mol. The lowest BCUT2D eigenvalue weighted by molar-refractivity contribution is -0.113. The molecular formula is C26H30N4O2. The Labute approximate surface area is 189 Å². The molecule has 0 radical (unpaired) electrons. The van der Waals surface area contributed by atoms with Crippen LogP contribution in [0.15, 0.2) is 24.3 Å². The minimum atomic E-state index is -0.232. The Morgan fingerprint density at radius 3 is 2.75 bits per heavy atom. The fourth-order valence-corrected chi connectivity index (χ4v) is 4.61. The van der Waals surface area contributed by atoms with Crippen LogP contribution in [0.1, 0.15) is 52.1 Å². The minimum Gasteiger partial charge on any atom is -0.359 e. The zero-order valence-electron chi connectivity index (χ0n) is 18.8. The van der Waals surface area contributed by atoms with Crippen molar-refractivity contribution < 1.29 is 9.59 Å². The first-order valence-corrected chi connectivity index (χ1v) is 11.2. The summed E-state index contributed by atoms with van der Waals surface area (Å²) in [6.45, 7) is 6.92. The number of anilines is 1. The molecule has 0 saturated carbocycles. The molecule has 1 aromatic heterocycles. The number of aryl methyl sites for hydroxylation is 2. The Balaban J connectivity index is 1.67. The molecule has 6 heteroatoms. The standard InChI is InChI=1S/C26H30N4O2/c1-4-10-28-25(31)20-5-6-21-22(16-23-17(2)14-18(3)29-23)26(32)30(24(21)15-20)13-9-19-7-11-27-12-8-19/h1,5-6,14-16,19,27,29H,7-13H2,2-3H3,(H,28,31)/b22-16-. The first kappa shape index (κ1) is 21.9. The van der Waals surface area contributed by atoms with Gasteiger partial charge in [0.15, 0.2) is 0 Å². The Kier molecular flexibility index (Phi) is 6.48. The zero-order valence-corrected chi connectivity index (χ0v) is 18.8. The van der Waals surface area contributed by atoms with Gasteiger partial charge in [0.05, 0.1) is 17.8 Å². The third-order valence-corrected chi connectivity index (χ3v) is 6.37. The van der Waals surface area contributed by atoms with E-state index in [-0.39, 0.29) is 18.4 Å². The van der Waals surface area contributed by atoms with E-state index in [0.717, 1.165) is 60.6 Å². The Hall–Kier alpha value is -3.30. The van der Waals surface area contributed by atoms with E-state index in [9.17, 15) is 9.59 Å². The van der Waals surface area contributed by atoms with Gasteiger partial charge in [-0.1, -0.05) is 12.0 Å². The highest BCUT2D eigenvalue weighted by Gasteiger charge is 2.33. The normalized spacial score (nSPS) is 17.5. The van der Waals surface area contributed by atoms with Crippen LogP contribution in [-0.2, 0) is 4.79 Å². The van der Waals surface area contributed by atoms with Crippen molar-refractivity contribution in [2.75, 3.05) is 31.1 Å². The number of nitrogens with zero attached hydrogens (tertiary/aromatic N) is 1. The number of aromatic amines is 1. The molecular weight excluding hydrogens is 400 g/mol. The Bertz CT molecular complexity index is 1100. The van der Waals surface area contributed by atoms with Crippen molar-refractivity contribution in [2.45, 2.75) is 33.1 Å². The number of amides is 2. The lowest BCUT2D eigenvalue weighted by Gasteiger charge is -2.25. The van der Waals surface area contributed by atoms with Gasteiger partial charge in [-0.05, 0) is 82.0 Å². The Morgan fingerprint density at radius 1 is 1.28 bits per heavy atom. The van der Waals surface area contributed by atoms with Crippen molar-refractivity contribution in [1.82, 2.24) is 15.6 Å². The first-order chi connectivity index (χ1) is 15.5. The van der Waals surface area contributed by atoms with E-state index in [1.54, 1.807) is 6.07 Å². The molecule has 166 valence electrons. The summed E-state index contributed by atoms with van der Waals surface area (Å²) in [5.74, 6) is 2.78. The molecule has 0 spiro atoms. The third-order valence-electron chi connectivity index (χ3n) is 6.37. The summed E-state index contributed by atoms with van der Waals surface area (Å²) in [5, 5.41) is 6.10. The van der Waals surface area contributed by atoms with Gasteiger partial charge >= 0.3 is 0 Å². The molecule has 1 saturated heterocycles. The van der Waals surface area contributed by atoms with E-state index in [2.05, 4.69) is 27.6 Å². The smallest absolute Gasteiger partial charge is 0.259 e. The topological polar surface area (TPSA) is 77.2 Å². The molecule has 1 aromatic carbocycles. The molecule has 1 fully saturated rings. The fourth-order valence-electron chi connectivity index (χ4n) is 4.61. The summed E-state index contributed by atoms with van der Waals surface area (Å²) in [4.78, 5) is 31.2. The molecule has 0 aliphatic carbocycles. The molecule has 2 aliphatic rings. The van der Waals surface area contributed by atoms with E-state index in [1.807, 2.05) is 37.0 Å². The van der Waals surface area contributed by atoms with E-state index >= 15 is 0 Å². The predicted octanol–water partition coefficient (Wildman–Crippen LogP) is 3.27. The number of nitrogens with one attached hydrogen (secondary N) is 3. The van der Waals surface area contributed by atoms with Gasteiger partial charge in [-0.15, -0.1) is 6.42 Å². The van der Waals surface area contributed by atoms with E-state index < -0.39 is 0 Å². The van der Waals surface area contributed by atoms with Crippen LogP contribution in [0.3, 0.4) is 0 Å². The second kappa shape index (κ2) is 9.46. The maximum absolute atomic E-state index is 13.5. The molecule has 2 amide bonds. The van der Waals surface area contributed by atoms with Crippen molar-refractivity contribution in [3.05, 3.63) is 52.3 Å². The SMILES string of the molecule is C#CCNC(=O)c1ccc2c(c1)N(CCC1CCNCC1)C(=O)/C2=C\c1[nH]c(C)cc1C. The number of carbonyl (C=O) groups excluding carboxylic acids is 2. The summed E-state index contributed by atoms with van der Waals surface area (Å²) in [5.41, 5.74) is 5.92. The number of rotatable bonds is 6. The van der Waals surface area contributed by atoms with Crippen molar-refractivity contribution >= 4 is 29.2 Å². The highest BCUT2D eigenvalue weighted by Crippen LogP contribution is 2.39. The highest BCUT2D eigenvalue weighted by molar-refractivity contribution is 6.36. The van der Waals surface area contributed by atoms with Gasteiger partial charge in [-0.2, -0.15) is 0 Å². The number of fused-ring (bicyclic) bond motifs is 1. The van der Waals surface area contributed by atoms with Gasteiger partial charge in [0.1, 0.15) is 0 Å². The number of piperidine rings is 1. The maximum atomic E-state index is 13.5. The molecule has 6 nitrogen and oxygen atoms in total. The summed E-state index contributed by atoms with van der Waals surface area (Å²) < 4.78 is 0. The van der Waals surface area contributed by atoms with Crippen molar-refractivity contribution in [2.24, 2.45) is 5.92 Å². The molecule has 2 aromatic rings. The average molecular weight is 431 g/mol. The van der Waals surface area contributed by atoms with Crippen LogP contribution in [0.25, 0.3) is 11.6 Å². The van der Waals surface area contributed by atoms with E-state index in [0.29, 0.717) is 23.6 Å². The lowest BCUT2D eigenvalue weighted by Crippen LogP contribution is -2.33. The van der Waals surface area contributed by atoms with Gasteiger partial charge in [0.25, 0.3) is 11.8 Å². The summed E-state index contributed by atoms with van der Waals surface area (Å²) in [6, 6.07) is 7.52. The van der Waals surface area contributed by atoms with Crippen molar-refractivity contribution in [1.29, 1.82) is 0 Å². The molecule has 0 bridgehead atoms. The van der Waals surface area contributed by atoms with E-state index in [1.165, 1.54) is 0 Å². The summed E-state index contributed by atoms with van der Waals surface area (Å²) >= 11 is 0. The van der Waals surface area contributed by atoms with Crippen LogP contribution in [0.4, 0.5) is 5.69 Å². The zero-order chi connectivity index (χ0) is 22.7. The highest BCUT2D eigenvalue weighted by atomic mass is 16.2. The number of aromatic nitrogens is 1. The quantitative estimate of drug-likeness (QED) is 0.486. The van der Waals surface area contributed by atoms with Crippen molar-refractivity contribution in [3.63, 3.8) is 0 Å². The van der Waals surface area contributed by atoms with Gasteiger partial charge in [-0.3, -0.25) is 9.59 Å². The number of carbonyl (C=O) groups is 2. The number of H-pyrrole nitrogens is 1. The monoisotopic (exact) mass is 430 g/mol. The number of terminal acetylenes is 1. The summed E-state index contributed by atoms with van der Waals surface area (Å²) in [6.07, 6.45) is 10.4. The van der Waals surface area contributed by atoms with Gasteiger partial charge in [-0.25, -0.2) is 0 Å². The van der Waals surface area contributed by atoms with Crippen LogP contribution in [0, 0.1) is 32.1 Å². The third kappa shape index (κ3) is 4.49. The largest absolute Gasteiger partial charge is 0.359 e. The van der Waals surface area contributed by atoms with Gasteiger partial charge in [0.2, 0.25) is 0 Å². The second-order valence-corrected chi connectivity index (χ2v) is 8.66. The molecule has 2 aliphatic heterocycles. The van der Waals surface area contributed by atoms with Crippen LogP contribution in [0.2, 0.25) is 0 Å². The minimum absolute atomic E-state index is 0.0122. The molecule has 3 heterocycles. The second-order valence-electron chi connectivity index (χ2n) is 8.66. The lowest BCUT2D eigenvalue weighted by atomic mass is 9.94. The molecule has 0 atom stereocenters. The van der Waals surface area contributed by atoms with Crippen LogP contribution in [-0.4, -0.2) is 43.0 Å². The van der Waals surface area contributed by atoms with Crippen LogP contribution < -0.4 is 15.5 Å². The molecule has 3 N–H and O–H groups in total. The first-order valence-electron chi connectivity index (χ1n) is 11.2. The number of hydrogen-bond acceptors (Lipinski definition) is 3. The van der Waals surface area contributed by atoms with Crippen LogP contribution >= 0.6 is 0 Å². The molecule has 4 rings (SSSR count). The number of hydrogen-bond donors (Lipinski definition) is 3. The molecule has 0 unspecified atom stereocenters. The fraction of sp³-hybridized carbons (Fsp3) is 0.385. The molecule has 32 heavy (non-hydrogen) atoms. The van der Waals surface area contributed by atoms with Gasteiger partial charge < -0.3 is 20.5 Å². The van der Waals surface area contributed by atoms with Crippen LogP contribution in [0.5, 0.6) is 0 Å².